The lowest BCUT2D eigenvalue weighted by Gasteiger charge is -2.05. The molecule has 1 aromatic carbocycles. The van der Waals surface area contributed by atoms with Crippen LogP contribution in [-0.2, 0) is 12.8 Å². The van der Waals surface area contributed by atoms with Crippen molar-refractivity contribution in [3.8, 4) is 11.8 Å². The zero-order valence-corrected chi connectivity index (χ0v) is 9.52. The fourth-order valence-electron chi connectivity index (χ4n) is 1.60. The highest BCUT2D eigenvalue weighted by molar-refractivity contribution is 5.42. The molecule has 0 bridgehead atoms. The third-order valence-corrected chi connectivity index (χ3v) is 2.46. The van der Waals surface area contributed by atoms with Crippen LogP contribution in [0.1, 0.15) is 17.0 Å². The van der Waals surface area contributed by atoms with Gasteiger partial charge in [0, 0.05) is 0 Å². The molecule has 0 fully saturated rings. The Bertz CT molecular complexity index is 640. The fraction of sp³-hybridized carbons (Fsp3) is 0.167. The maximum absolute atomic E-state index is 12.6. The smallest absolute Gasteiger partial charge is 0.390 e. The van der Waals surface area contributed by atoms with Gasteiger partial charge in [0.1, 0.15) is 0 Å². The predicted octanol–water partition coefficient (Wildman–Crippen LogP) is 2.26. The van der Waals surface area contributed by atoms with Gasteiger partial charge in [0.05, 0.1) is 29.6 Å². The number of nitrogens with zero attached hydrogens (tertiary/aromatic N) is 3. The third kappa shape index (κ3) is 2.58. The Morgan fingerprint density at radius 2 is 2.05 bits per heavy atom. The molecule has 4 nitrogen and oxygen atoms in total. The van der Waals surface area contributed by atoms with E-state index in [1.54, 1.807) is 0 Å². The van der Waals surface area contributed by atoms with E-state index in [4.69, 9.17) is 10.4 Å². The fourth-order valence-corrected chi connectivity index (χ4v) is 1.60. The van der Waals surface area contributed by atoms with Crippen molar-refractivity contribution in [2.24, 2.45) is 0 Å². The lowest BCUT2D eigenvalue weighted by Crippen LogP contribution is -2.07. The molecule has 0 saturated heterocycles. The second-order valence-electron chi connectivity index (χ2n) is 3.75. The van der Waals surface area contributed by atoms with Crippen LogP contribution < -0.4 is 0 Å². The second kappa shape index (κ2) is 4.74. The Labute approximate surface area is 106 Å². The molecule has 98 valence electrons. The molecule has 7 heteroatoms. The first-order valence-corrected chi connectivity index (χ1v) is 5.23. The summed E-state index contributed by atoms with van der Waals surface area (Å²) in [5, 5.41) is 21.3. The van der Waals surface area contributed by atoms with Gasteiger partial charge in [0.15, 0.2) is 5.69 Å². The van der Waals surface area contributed by atoms with Gasteiger partial charge in [0.2, 0.25) is 0 Å². The summed E-state index contributed by atoms with van der Waals surface area (Å²) in [4.78, 5) is 0. The molecular weight excluding hydrogens is 259 g/mol. The topological polar surface area (TPSA) is 61.8 Å². The minimum Gasteiger partial charge on any atom is -0.390 e. The normalized spacial score (nSPS) is 11.3. The molecule has 0 amide bonds. The van der Waals surface area contributed by atoms with Gasteiger partial charge in [-0.15, -0.1) is 0 Å². The first kappa shape index (κ1) is 13.1. The number of aliphatic hydroxyl groups excluding tert-OH is 1. The zero-order valence-electron chi connectivity index (χ0n) is 9.52. The average molecular weight is 267 g/mol. The van der Waals surface area contributed by atoms with Crippen molar-refractivity contribution in [1.82, 2.24) is 9.78 Å². The summed E-state index contributed by atoms with van der Waals surface area (Å²) in [6.07, 6.45) is -4.58. The van der Waals surface area contributed by atoms with Crippen LogP contribution in [0.2, 0.25) is 0 Å². The van der Waals surface area contributed by atoms with Crippen LogP contribution >= 0.6 is 0 Å². The predicted molar refractivity (Wildman–Crippen MR) is 59.2 cm³/mol. The van der Waals surface area contributed by atoms with Crippen LogP contribution in [0.3, 0.4) is 0 Å². The molecule has 2 aromatic rings. The summed E-state index contributed by atoms with van der Waals surface area (Å²) in [6.45, 7) is -0.583. The summed E-state index contributed by atoms with van der Waals surface area (Å²) < 4.78 is 38.7. The number of alkyl halides is 3. The Kier molecular flexibility index (Phi) is 3.27. The van der Waals surface area contributed by atoms with E-state index in [1.165, 1.54) is 24.3 Å². The van der Waals surface area contributed by atoms with Gasteiger partial charge in [0.25, 0.3) is 0 Å². The monoisotopic (exact) mass is 267 g/mol. The van der Waals surface area contributed by atoms with E-state index in [2.05, 4.69) is 5.10 Å². The van der Waals surface area contributed by atoms with Crippen LogP contribution in [0.5, 0.6) is 0 Å². The molecule has 0 aliphatic rings. The van der Waals surface area contributed by atoms with Crippen LogP contribution in [0, 0.1) is 11.3 Å². The van der Waals surface area contributed by atoms with E-state index in [-0.39, 0.29) is 5.69 Å². The van der Waals surface area contributed by atoms with Crippen molar-refractivity contribution in [2.45, 2.75) is 12.8 Å². The van der Waals surface area contributed by atoms with Gasteiger partial charge in [-0.2, -0.15) is 23.5 Å². The highest BCUT2D eigenvalue weighted by Crippen LogP contribution is 2.29. The standard InChI is InChI=1S/C12H8F3N3O/c13-12(14,15)11-5-10(7-19)18(17-11)9-3-1-2-8(4-9)6-16/h1-5,19H,7H2. The van der Waals surface area contributed by atoms with Crippen molar-refractivity contribution >= 4 is 0 Å². The molecule has 19 heavy (non-hydrogen) atoms. The van der Waals surface area contributed by atoms with E-state index in [1.807, 2.05) is 6.07 Å². The SMILES string of the molecule is N#Cc1cccc(-n2nc(C(F)(F)F)cc2CO)c1. The van der Waals surface area contributed by atoms with E-state index in [0.29, 0.717) is 11.3 Å². The Hall–Kier alpha value is -2.33. The van der Waals surface area contributed by atoms with Crippen LogP contribution in [0.15, 0.2) is 30.3 Å². The first-order valence-electron chi connectivity index (χ1n) is 5.23. The molecule has 1 aromatic heterocycles. The summed E-state index contributed by atoms with van der Waals surface area (Å²) in [5.41, 5.74) is -0.495. The molecule has 0 saturated carbocycles. The molecule has 0 spiro atoms. The molecule has 1 heterocycles. The van der Waals surface area contributed by atoms with Gasteiger partial charge in [-0.05, 0) is 24.3 Å². The van der Waals surface area contributed by atoms with E-state index >= 15 is 0 Å². The molecule has 0 unspecified atom stereocenters. The van der Waals surface area contributed by atoms with E-state index in [0.717, 1.165) is 10.7 Å². The molecule has 0 atom stereocenters. The van der Waals surface area contributed by atoms with Crippen molar-refractivity contribution in [3.63, 3.8) is 0 Å². The maximum Gasteiger partial charge on any atom is 0.435 e. The summed E-state index contributed by atoms with van der Waals surface area (Å²) in [7, 11) is 0. The number of rotatable bonds is 2. The zero-order chi connectivity index (χ0) is 14.0. The number of aromatic nitrogens is 2. The molecule has 0 radical (unpaired) electrons. The molecule has 2 rings (SSSR count). The average Bonchev–Trinajstić information content (AvgIpc) is 2.83. The Morgan fingerprint density at radius 3 is 2.63 bits per heavy atom. The maximum atomic E-state index is 12.6. The number of benzene rings is 1. The largest absolute Gasteiger partial charge is 0.435 e. The van der Waals surface area contributed by atoms with Gasteiger partial charge in [-0.25, -0.2) is 4.68 Å². The Morgan fingerprint density at radius 1 is 1.32 bits per heavy atom. The van der Waals surface area contributed by atoms with Crippen molar-refractivity contribution in [2.75, 3.05) is 0 Å². The van der Waals surface area contributed by atoms with Gasteiger partial charge in [-0.1, -0.05) is 6.07 Å². The van der Waals surface area contributed by atoms with Crippen LogP contribution in [0.4, 0.5) is 13.2 Å². The van der Waals surface area contributed by atoms with Crippen LogP contribution in [0.25, 0.3) is 5.69 Å². The number of hydrogen-bond acceptors (Lipinski definition) is 3. The van der Waals surface area contributed by atoms with E-state index in [9.17, 15) is 13.2 Å². The third-order valence-electron chi connectivity index (χ3n) is 2.46. The van der Waals surface area contributed by atoms with Crippen LogP contribution in [-0.4, -0.2) is 14.9 Å². The van der Waals surface area contributed by atoms with Gasteiger partial charge < -0.3 is 5.11 Å². The number of nitriles is 1. The molecule has 1 N–H and O–H groups in total. The quantitative estimate of drug-likeness (QED) is 0.907. The molecule has 0 aliphatic carbocycles. The lowest BCUT2D eigenvalue weighted by atomic mass is 10.2. The Balaban J connectivity index is 2.55. The van der Waals surface area contributed by atoms with Gasteiger partial charge in [-0.3, -0.25) is 0 Å². The van der Waals surface area contributed by atoms with Crippen molar-refractivity contribution < 1.29 is 18.3 Å². The number of aliphatic hydroxyl groups is 1. The lowest BCUT2D eigenvalue weighted by molar-refractivity contribution is -0.141. The summed E-state index contributed by atoms with van der Waals surface area (Å²) in [5.74, 6) is 0. The summed E-state index contributed by atoms with van der Waals surface area (Å²) in [6, 6.07) is 8.62. The minimum absolute atomic E-state index is 0.00224. The first-order chi connectivity index (χ1) is 8.95. The van der Waals surface area contributed by atoms with Gasteiger partial charge >= 0.3 is 6.18 Å². The van der Waals surface area contributed by atoms with Crippen molar-refractivity contribution in [3.05, 3.63) is 47.3 Å². The molecular formula is C12H8F3N3O. The number of hydrogen-bond donors (Lipinski definition) is 1. The summed E-state index contributed by atoms with van der Waals surface area (Å²) >= 11 is 0. The molecule has 0 aliphatic heterocycles. The van der Waals surface area contributed by atoms with E-state index < -0.39 is 18.5 Å². The second-order valence-corrected chi connectivity index (χ2v) is 3.75. The highest BCUT2D eigenvalue weighted by Gasteiger charge is 2.35. The van der Waals surface area contributed by atoms with Crippen molar-refractivity contribution in [1.29, 1.82) is 5.26 Å². The number of halogens is 3. The minimum atomic E-state index is -4.58. The highest BCUT2D eigenvalue weighted by atomic mass is 19.4.